The number of sulfonamides is 1. The summed E-state index contributed by atoms with van der Waals surface area (Å²) in [6, 6.07) is 24.3. The highest BCUT2D eigenvalue weighted by Gasteiger charge is 2.17. The summed E-state index contributed by atoms with van der Waals surface area (Å²) in [4.78, 5) is 12.0. The van der Waals surface area contributed by atoms with Gasteiger partial charge in [-0.15, -0.1) is 0 Å². The summed E-state index contributed by atoms with van der Waals surface area (Å²) in [5.41, 5.74) is 4.32. The topological polar surface area (TPSA) is 112 Å². The number of nitrogens with zero attached hydrogens (tertiary/aromatic N) is 2. The minimum Gasteiger partial charge on any atom is -0.477 e. The lowest BCUT2D eigenvalue weighted by Gasteiger charge is -2.18. The normalized spacial score (nSPS) is 13.4. The average Bonchev–Trinajstić information content (AvgIpc) is 3.25. The van der Waals surface area contributed by atoms with Crippen LogP contribution in [0.3, 0.4) is 0 Å². The highest BCUT2D eigenvalue weighted by molar-refractivity contribution is 7.92. The third-order valence-electron chi connectivity index (χ3n) is 6.71. The van der Waals surface area contributed by atoms with Crippen molar-refractivity contribution in [3.8, 4) is 0 Å². The number of anilines is 1. The molecule has 4 aromatic rings. The Kier molecular flexibility index (Phi) is 8.20. The van der Waals surface area contributed by atoms with E-state index >= 15 is 0 Å². The second kappa shape index (κ2) is 11.4. The van der Waals surface area contributed by atoms with Crippen molar-refractivity contribution >= 4 is 32.6 Å². The van der Waals surface area contributed by atoms with E-state index in [1.165, 1.54) is 11.4 Å². The SMILES string of the molecule is CC(Cc1ccc2c(c1)cc(C(=O)O)n2Cc1ccc(N(C)S(C)(=O)=O)cc1)NCC(O)c1ccccc1. The predicted octanol–water partition coefficient (Wildman–Crippen LogP) is 4.04. The van der Waals surface area contributed by atoms with E-state index in [1.807, 2.05) is 48.5 Å². The van der Waals surface area contributed by atoms with E-state index in [2.05, 4.69) is 12.2 Å². The minimum atomic E-state index is -3.37. The lowest BCUT2D eigenvalue weighted by Crippen LogP contribution is -2.32. The first-order chi connectivity index (χ1) is 18.0. The zero-order valence-corrected chi connectivity index (χ0v) is 22.5. The standard InChI is InChI=1S/C29H33N3O5S/c1-20(30-18-28(33)23-7-5-4-6-8-23)15-22-11-14-26-24(16-22)17-27(29(34)35)32(26)19-21-9-12-25(13-10-21)31(2)38(3,36)37/h4-14,16-17,20,28,30,33H,15,18-19H2,1-3H3,(H,34,35). The third kappa shape index (κ3) is 6.42. The average molecular weight is 536 g/mol. The number of rotatable bonds is 11. The lowest BCUT2D eigenvalue weighted by molar-refractivity contribution is 0.0686. The van der Waals surface area contributed by atoms with Crippen molar-refractivity contribution in [2.75, 3.05) is 24.2 Å². The first kappa shape index (κ1) is 27.4. The van der Waals surface area contributed by atoms with Crippen molar-refractivity contribution in [1.82, 2.24) is 9.88 Å². The number of aliphatic hydroxyl groups excluding tert-OH is 1. The van der Waals surface area contributed by atoms with Gasteiger partial charge in [-0.2, -0.15) is 0 Å². The zero-order chi connectivity index (χ0) is 27.4. The first-order valence-corrected chi connectivity index (χ1v) is 14.2. The van der Waals surface area contributed by atoms with Crippen molar-refractivity contribution in [1.29, 1.82) is 0 Å². The second-order valence-corrected chi connectivity index (χ2v) is 11.7. The molecule has 0 fully saturated rings. The van der Waals surface area contributed by atoms with E-state index in [9.17, 15) is 23.4 Å². The maximum absolute atomic E-state index is 12.0. The largest absolute Gasteiger partial charge is 0.477 e. The van der Waals surface area contributed by atoms with Crippen LogP contribution in [0.1, 0.15) is 40.2 Å². The van der Waals surface area contributed by atoms with Gasteiger partial charge in [0, 0.05) is 37.1 Å². The molecular weight excluding hydrogens is 502 g/mol. The fourth-order valence-corrected chi connectivity index (χ4v) is 5.02. The Morgan fingerprint density at radius 2 is 1.66 bits per heavy atom. The molecule has 0 saturated carbocycles. The quantitative estimate of drug-likeness (QED) is 0.267. The van der Waals surface area contributed by atoms with Gasteiger partial charge >= 0.3 is 5.97 Å². The van der Waals surface area contributed by atoms with E-state index < -0.39 is 22.1 Å². The Balaban J connectivity index is 1.49. The molecular formula is C29H33N3O5S. The van der Waals surface area contributed by atoms with E-state index in [-0.39, 0.29) is 11.7 Å². The minimum absolute atomic E-state index is 0.107. The van der Waals surface area contributed by atoms with Crippen LogP contribution in [-0.4, -0.2) is 55.1 Å². The molecule has 0 aliphatic rings. The Labute approximate surface area is 223 Å². The molecule has 0 spiro atoms. The van der Waals surface area contributed by atoms with Crippen molar-refractivity contribution in [2.45, 2.75) is 32.0 Å². The fourth-order valence-electron chi connectivity index (χ4n) is 4.51. The lowest BCUT2D eigenvalue weighted by atomic mass is 10.0. The van der Waals surface area contributed by atoms with Crippen molar-refractivity contribution < 1.29 is 23.4 Å². The fraction of sp³-hybridized carbons (Fsp3) is 0.276. The molecule has 2 unspecified atom stereocenters. The van der Waals surface area contributed by atoms with Crippen LogP contribution in [0.25, 0.3) is 10.9 Å². The number of aromatic carboxylic acids is 1. The van der Waals surface area contributed by atoms with Crippen LogP contribution in [-0.2, 0) is 23.0 Å². The molecule has 0 bridgehead atoms. The molecule has 38 heavy (non-hydrogen) atoms. The van der Waals surface area contributed by atoms with Gasteiger partial charge in [0.25, 0.3) is 0 Å². The molecule has 2 atom stereocenters. The third-order valence-corrected chi connectivity index (χ3v) is 7.91. The number of aromatic nitrogens is 1. The Morgan fingerprint density at radius 3 is 2.29 bits per heavy atom. The van der Waals surface area contributed by atoms with Crippen LogP contribution < -0.4 is 9.62 Å². The van der Waals surface area contributed by atoms with Crippen LogP contribution in [0.2, 0.25) is 0 Å². The number of hydrogen-bond acceptors (Lipinski definition) is 5. The number of aliphatic hydroxyl groups is 1. The van der Waals surface area contributed by atoms with Crippen LogP contribution in [0, 0.1) is 0 Å². The Bertz CT molecular complexity index is 1520. The van der Waals surface area contributed by atoms with E-state index in [1.54, 1.807) is 34.9 Å². The molecule has 3 aromatic carbocycles. The number of fused-ring (bicyclic) bond motifs is 1. The van der Waals surface area contributed by atoms with Crippen LogP contribution in [0.4, 0.5) is 5.69 Å². The van der Waals surface area contributed by atoms with Crippen LogP contribution >= 0.6 is 0 Å². The first-order valence-electron chi connectivity index (χ1n) is 12.4. The molecule has 9 heteroatoms. The van der Waals surface area contributed by atoms with Crippen LogP contribution in [0.5, 0.6) is 0 Å². The molecule has 0 radical (unpaired) electrons. The smallest absolute Gasteiger partial charge is 0.352 e. The molecule has 4 rings (SSSR count). The monoisotopic (exact) mass is 535 g/mol. The summed E-state index contributed by atoms with van der Waals surface area (Å²) in [5.74, 6) is -1.01. The van der Waals surface area contributed by atoms with Crippen LogP contribution in [0.15, 0.2) is 78.9 Å². The zero-order valence-electron chi connectivity index (χ0n) is 21.7. The van der Waals surface area contributed by atoms with Crippen molar-refractivity contribution in [3.05, 3.63) is 101 Å². The summed E-state index contributed by atoms with van der Waals surface area (Å²) < 4.78 is 26.6. The molecule has 3 N–H and O–H groups in total. The Morgan fingerprint density at radius 1 is 1.00 bits per heavy atom. The van der Waals surface area contributed by atoms with Gasteiger partial charge in [0.1, 0.15) is 5.69 Å². The molecule has 1 aromatic heterocycles. The van der Waals surface area contributed by atoms with Gasteiger partial charge in [-0.1, -0.05) is 48.5 Å². The summed E-state index contributed by atoms with van der Waals surface area (Å²) in [6.45, 7) is 2.83. The number of nitrogens with one attached hydrogen (secondary N) is 1. The van der Waals surface area contributed by atoms with Gasteiger partial charge in [-0.05, 0) is 60.4 Å². The summed E-state index contributed by atoms with van der Waals surface area (Å²) in [6.07, 6.45) is 1.28. The number of benzene rings is 3. The number of carboxylic acid groups (broad SMARTS) is 1. The second-order valence-electron chi connectivity index (χ2n) is 9.65. The van der Waals surface area contributed by atoms with Crippen molar-refractivity contribution in [3.63, 3.8) is 0 Å². The molecule has 0 saturated heterocycles. The summed E-state index contributed by atoms with van der Waals surface area (Å²) >= 11 is 0. The van der Waals surface area contributed by atoms with E-state index in [4.69, 9.17) is 0 Å². The predicted molar refractivity (Wildman–Crippen MR) is 150 cm³/mol. The maximum atomic E-state index is 12.0. The van der Waals surface area contributed by atoms with Gasteiger partial charge in [0.05, 0.1) is 18.0 Å². The highest BCUT2D eigenvalue weighted by atomic mass is 32.2. The molecule has 0 aliphatic carbocycles. The van der Waals surface area contributed by atoms with E-state index in [0.717, 1.165) is 40.3 Å². The van der Waals surface area contributed by atoms with Gasteiger partial charge in [-0.3, -0.25) is 4.31 Å². The summed E-state index contributed by atoms with van der Waals surface area (Å²) in [7, 11) is -1.87. The number of carboxylic acids is 1. The maximum Gasteiger partial charge on any atom is 0.352 e. The molecule has 0 amide bonds. The van der Waals surface area contributed by atoms with Gasteiger partial charge in [0.15, 0.2) is 0 Å². The Hall–Kier alpha value is -3.66. The number of hydrogen-bond donors (Lipinski definition) is 3. The van der Waals surface area contributed by atoms with E-state index in [0.29, 0.717) is 18.8 Å². The highest BCUT2D eigenvalue weighted by Crippen LogP contribution is 2.25. The molecule has 8 nitrogen and oxygen atoms in total. The van der Waals surface area contributed by atoms with Gasteiger partial charge in [-0.25, -0.2) is 13.2 Å². The van der Waals surface area contributed by atoms with Crippen molar-refractivity contribution in [2.24, 2.45) is 0 Å². The van der Waals surface area contributed by atoms with Gasteiger partial charge in [0.2, 0.25) is 10.0 Å². The summed E-state index contributed by atoms with van der Waals surface area (Å²) in [5, 5.41) is 24.5. The molecule has 200 valence electrons. The number of carbonyl (C=O) groups is 1. The molecule has 0 aliphatic heterocycles. The van der Waals surface area contributed by atoms with Gasteiger partial charge < -0.3 is 20.1 Å². The molecule has 1 heterocycles.